The van der Waals surface area contributed by atoms with Gasteiger partial charge in [0.05, 0.1) is 17.8 Å². The van der Waals surface area contributed by atoms with E-state index in [1.54, 1.807) is 12.1 Å². The molecule has 0 saturated heterocycles. The van der Waals surface area contributed by atoms with Crippen LogP contribution < -0.4 is 20.4 Å². The Morgan fingerprint density at radius 3 is 2.46 bits per heavy atom. The van der Waals surface area contributed by atoms with Crippen LogP contribution in [0.1, 0.15) is 5.56 Å². The van der Waals surface area contributed by atoms with Crippen LogP contribution >= 0.6 is 23.2 Å². The summed E-state index contributed by atoms with van der Waals surface area (Å²) in [5, 5.41) is 7.05. The Morgan fingerprint density at radius 2 is 1.82 bits per heavy atom. The highest BCUT2D eigenvalue weighted by Gasteiger charge is 2.08. The van der Waals surface area contributed by atoms with E-state index in [0.29, 0.717) is 15.8 Å². The Morgan fingerprint density at radius 1 is 1.11 bits per heavy atom. The minimum absolute atomic E-state index is 0.229. The molecule has 0 radical (unpaired) electrons. The maximum Gasteiger partial charge on any atom is 0.259 e. The summed E-state index contributed by atoms with van der Waals surface area (Å²) < 4.78 is 5.28. The van der Waals surface area contributed by atoms with Crippen molar-refractivity contribution < 1.29 is 14.3 Å². The first kappa shape index (κ1) is 21.5. The van der Waals surface area contributed by atoms with E-state index in [2.05, 4.69) is 15.8 Å². The van der Waals surface area contributed by atoms with Crippen LogP contribution in [-0.4, -0.2) is 45.3 Å². The molecule has 2 N–H and O–H groups in total. The van der Waals surface area contributed by atoms with Crippen LogP contribution in [0.3, 0.4) is 0 Å². The average molecular weight is 423 g/mol. The van der Waals surface area contributed by atoms with Crippen LogP contribution in [0.25, 0.3) is 0 Å². The lowest BCUT2D eigenvalue weighted by Crippen LogP contribution is -2.37. The number of rotatable bonds is 8. The van der Waals surface area contributed by atoms with E-state index in [9.17, 15) is 9.59 Å². The highest BCUT2D eigenvalue weighted by molar-refractivity contribution is 6.35. The lowest BCUT2D eigenvalue weighted by Gasteiger charge is -2.11. The summed E-state index contributed by atoms with van der Waals surface area (Å²) in [5.41, 5.74) is 4.24. The molecular formula is C19H20Cl2N4O3. The van der Waals surface area contributed by atoms with Crippen molar-refractivity contribution in [2.24, 2.45) is 5.10 Å². The predicted molar refractivity (Wildman–Crippen MR) is 111 cm³/mol. The number of halogens is 2. The molecule has 0 bridgehead atoms. The van der Waals surface area contributed by atoms with Gasteiger partial charge < -0.3 is 15.0 Å². The number of carbonyl (C=O) groups is 2. The normalized spacial score (nSPS) is 10.6. The van der Waals surface area contributed by atoms with Crippen LogP contribution in [0.2, 0.25) is 10.0 Å². The Hall–Kier alpha value is -2.77. The van der Waals surface area contributed by atoms with Crippen LogP contribution in [-0.2, 0) is 9.59 Å². The second-order valence-corrected chi connectivity index (χ2v) is 6.76. The summed E-state index contributed by atoms with van der Waals surface area (Å²) in [4.78, 5) is 25.5. The maximum absolute atomic E-state index is 11.8. The van der Waals surface area contributed by atoms with Crippen molar-refractivity contribution in [3.63, 3.8) is 0 Å². The molecule has 0 spiro atoms. The smallest absolute Gasteiger partial charge is 0.259 e. The molecular weight excluding hydrogens is 403 g/mol. The molecule has 2 amide bonds. The van der Waals surface area contributed by atoms with Gasteiger partial charge in [0.1, 0.15) is 5.75 Å². The van der Waals surface area contributed by atoms with Gasteiger partial charge in [-0.05, 0) is 35.9 Å². The third-order valence-electron chi connectivity index (χ3n) is 3.51. The monoisotopic (exact) mass is 422 g/mol. The van der Waals surface area contributed by atoms with Gasteiger partial charge in [-0.15, -0.1) is 0 Å². The lowest BCUT2D eigenvalue weighted by molar-refractivity contribution is -0.127. The van der Waals surface area contributed by atoms with Gasteiger partial charge in [0.25, 0.3) is 11.8 Å². The van der Waals surface area contributed by atoms with Crippen LogP contribution in [0.5, 0.6) is 5.75 Å². The van der Waals surface area contributed by atoms with Gasteiger partial charge in [-0.1, -0.05) is 35.3 Å². The molecule has 0 heterocycles. The quantitative estimate of drug-likeness (QED) is 0.505. The minimum Gasteiger partial charge on any atom is -0.482 e. The van der Waals surface area contributed by atoms with Gasteiger partial charge in [-0.3, -0.25) is 9.59 Å². The molecule has 0 fully saturated rings. The Labute approximate surface area is 173 Å². The molecule has 0 aliphatic rings. The third kappa shape index (κ3) is 7.09. The van der Waals surface area contributed by atoms with Crippen LogP contribution in [0, 0.1) is 0 Å². The fourth-order valence-corrected chi connectivity index (χ4v) is 2.51. The fourth-order valence-electron chi connectivity index (χ4n) is 2.04. The summed E-state index contributed by atoms with van der Waals surface area (Å²) in [6, 6.07) is 12.3. The number of benzene rings is 2. The number of carbonyl (C=O) groups excluding carboxylic acids is 2. The van der Waals surface area contributed by atoms with Crippen molar-refractivity contribution >= 4 is 46.9 Å². The lowest BCUT2D eigenvalue weighted by atomic mass is 10.2. The Bertz CT molecular complexity index is 855. The van der Waals surface area contributed by atoms with Gasteiger partial charge in [0.15, 0.2) is 6.61 Å². The molecule has 0 unspecified atom stereocenters. The molecule has 0 saturated carbocycles. The molecule has 2 aromatic rings. The highest BCUT2D eigenvalue weighted by atomic mass is 35.5. The van der Waals surface area contributed by atoms with Gasteiger partial charge >= 0.3 is 0 Å². The number of amides is 2. The largest absolute Gasteiger partial charge is 0.482 e. The summed E-state index contributed by atoms with van der Waals surface area (Å²) in [6.45, 7) is -0.510. The standard InChI is InChI=1S/C19H20Cl2N4O3/c1-25(2)15-6-3-13(4-7-15)10-23-24-18(26)11-22-19(27)12-28-17-8-5-14(20)9-16(17)21/h3-10H,11-12H2,1-2H3,(H,22,27)(H,24,26)/b23-10+. The number of hydrogen-bond donors (Lipinski definition) is 2. The second-order valence-electron chi connectivity index (χ2n) is 5.92. The Balaban J connectivity index is 1.70. The van der Waals surface area contributed by atoms with Crippen LogP contribution in [0.15, 0.2) is 47.6 Å². The zero-order chi connectivity index (χ0) is 20.5. The van der Waals surface area contributed by atoms with E-state index in [0.717, 1.165) is 11.3 Å². The molecule has 2 rings (SSSR count). The van der Waals surface area contributed by atoms with E-state index in [4.69, 9.17) is 27.9 Å². The number of hydrogen-bond acceptors (Lipinski definition) is 5. The molecule has 7 nitrogen and oxygen atoms in total. The van der Waals surface area contributed by atoms with Crippen molar-refractivity contribution in [3.05, 3.63) is 58.1 Å². The number of ether oxygens (including phenoxy) is 1. The van der Waals surface area contributed by atoms with Gasteiger partial charge in [-0.25, -0.2) is 5.43 Å². The number of nitrogens with zero attached hydrogens (tertiary/aromatic N) is 2. The van der Waals surface area contributed by atoms with E-state index in [1.807, 2.05) is 43.3 Å². The van der Waals surface area contributed by atoms with Crippen LogP contribution in [0.4, 0.5) is 5.69 Å². The molecule has 9 heteroatoms. The molecule has 28 heavy (non-hydrogen) atoms. The van der Waals surface area contributed by atoms with Gasteiger partial charge in [0.2, 0.25) is 0 Å². The van der Waals surface area contributed by atoms with Crippen molar-refractivity contribution in [1.29, 1.82) is 0 Å². The SMILES string of the molecule is CN(C)c1ccc(/C=N/NC(=O)CNC(=O)COc2ccc(Cl)cc2Cl)cc1. The van der Waals surface area contributed by atoms with Crippen molar-refractivity contribution in [1.82, 2.24) is 10.7 Å². The number of nitrogens with one attached hydrogen (secondary N) is 2. The third-order valence-corrected chi connectivity index (χ3v) is 4.04. The summed E-state index contributed by atoms with van der Waals surface area (Å²) >= 11 is 11.7. The highest BCUT2D eigenvalue weighted by Crippen LogP contribution is 2.27. The zero-order valence-electron chi connectivity index (χ0n) is 15.4. The molecule has 0 aliphatic carbocycles. The van der Waals surface area contributed by atoms with Gasteiger partial charge in [0, 0.05) is 24.8 Å². The number of anilines is 1. The number of hydrazone groups is 1. The van der Waals surface area contributed by atoms with E-state index >= 15 is 0 Å². The maximum atomic E-state index is 11.8. The van der Waals surface area contributed by atoms with Crippen molar-refractivity contribution in [2.45, 2.75) is 0 Å². The van der Waals surface area contributed by atoms with Gasteiger partial charge in [-0.2, -0.15) is 5.10 Å². The molecule has 2 aromatic carbocycles. The first-order chi connectivity index (χ1) is 13.3. The first-order valence-electron chi connectivity index (χ1n) is 8.29. The topological polar surface area (TPSA) is 83.0 Å². The van der Waals surface area contributed by atoms with E-state index < -0.39 is 11.8 Å². The molecule has 0 aromatic heterocycles. The zero-order valence-corrected chi connectivity index (χ0v) is 16.9. The molecule has 148 valence electrons. The summed E-state index contributed by atoms with van der Waals surface area (Å²) in [6.07, 6.45) is 1.52. The second kappa shape index (κ2) is 10.5. The minimum atomic E-state index is -0.468. The summed E-state index contributed by atoms with van der Waals surface area (Å²) in [7, 11) is 3.90. The van der Waals surface area contributed by atoms with Crippen molar-refractivity contribution in [3.8, 4) is 5.75 Å². The average Bonchev–Trinajstić information content (AvgIpc) is 2.66. The first-order valence-corrected chi connectivity index (χ1v) is 9.04. The van der Waals surface area contributed by atoms with Crippen molar-refractivity contribution in [2.75, 3.05) is 32.1 Å². The fraction of sp³-hybridized carbons (Fsp3) is 0.211. The Kier molecular flexibility index (Phi) is 8.10. The molecule has 0 aliphatic heterocycles. The molecule has 0 atom stereocenters. The van der Waals surface area contributed by atoms with E-state index in [1.165, 1.54) is 12.3 Å². The van der Waals surface area contributed by atoms with E-state index in [-0.39, 0.29) is 13.2 Å². The summed E-state index contributed by atoms with van der Waals surface area (Å²) in [5.74, 6) is -0.598. The predicted octanol–water partition coefficient (Wildman–Crippen LogP) is 2.70.